The fourth-order valence-electron chi connectivity index (χ4n) is 4.77. The molecule has 0 radical (unpaired) electrons. The van der Waals surface area contributed by atoms with Gasteiger partial charge in [-0.1, -0.05) is 6.92 Å². The number of amides is 1. The Kier molecular flexibility index (Phi) is 6.20. The topological polar surface area (TPSA) is 89.6 Å². The molecule has 34 heavy (non-hydrogen) atoms. The van der Waals surface area contributed by atoms with Gasteiger partial charge >= 0.3 is 0 Å². The molecule has 1 atom stereocenters. The van der Waals surface area contributed by atoms with Crippen LogP contribution in [0.2, 0.25) is 0 Å². The Bertz CT molecular complexity index is 1170. The third kappa shape index (κ3) is 4.48. The van der Waals surface area contributed by atoms with Crippen LogP contribution in [0.25, 0.3) is 5.65 Å². The minimum absolute atomic E-state index is 0.0242. The number of ether oxygens (including phenoxy) is 1. The number of fused-ring (bicyclic) bond motifs is 1. The summed E-state index contributed by atoms with van der Waals surface area (Å²) in [5.74, 6) is 0.799. The maximum absolute atomic E-state index is 13.7. The highest BCUT2D eigenvalue weighted by atomic mass is 19.3. The van der Waals surface area contributed by atoms with Gasteiger partial charge in [0, 0.05) is 25.5 Å². The molecule has 11 heteroatoms. The number of carbonyl (C=O) groups is 1. The maximum atomic E-state index is 13.7. The zero-order valence-electron chi connectivity index (χ0n) is 19.3. The van der Waals surface area contributed by atoms with E-state index in [9.17, 15) is 13.6 Å². The maximum Gasteiger partial charge on any atom is 0.284 e. The van der Waals surface area contributed by atoms with Gasteiger partial charge in [0.2, 0.25) is 0 Å². The van der Waals surface area contributed by atoms with Crippen molar-refractivity contribution < 1.29 is 18.3 Å². The summed E-state index contributed by atoms with van der Waals surface area (Å²) in [4.78, 5) is 19.8. The van der Waals surface area contributed by atoms with Crippen LogP contribution in [0.3, 0.4) is 0 Å². The lowest BCUT2D eigenvalue weighted by Gasteiger charge is -2.31. The molecule has 1 saturated carbocycles. The van der Waals surface area contributed by atoms with Crippen LogP contribution in [0, 0.1) is 5.92 Å². The van der Waals surface area contributed by atoms with E-state index in [1.54, 1.807) is 10.9 Å². The van der Waals surface area contributed by atoms with Crippen LogP contribution in [-0.2, 0) is 4.74 Å². The standard InChI is InChI=1S/C23H29F2N7O2/c1-14-3-5-16(6-4-14)32-13-18(20(29-32)21(24)25)27-23(33)17-11-26-31-8-7-19(28-22(17)31)30-9-10-34-15(2)12-30/h7-8,11,13-16,21H,3-6,9-10,12H2,1-2H3,(H,27,33)/t14?,15-,16?/m1/s1. The van der Waals surface area contributed by atoms with E-state index in [-0.39, 0.29) is 23.4 Å². The molecule has 1 saturated heterocycles. The molecular formula is C23H29F2N7O2. The number of aromatic nitrogens is 5. The van der Waals surface area contributed by atoms with E-state index in [0.29, 0.717) is 37.1 Å². The lowest BCUT2D eigenvalue weighted by Crippen LogP contribution is -2.41. The second-order valence-electron chi connectivity index (χ2n) is 9.32. The summed E-state index contributed by atoms with van der Waals surface area (Å²) >= 11 is 0. The van der Waals surface area contributed by atoms with E-state index in [1.807, 2.05) is 13.0 Å². The first-order valence-corrected chi connectivity index (χ1v) is 11.8. The number of morpholine rings is 1. The largest absolute Gasteiger partial charge is 0.375 e. The van der Waals surface area contributed by atoms with E-state index in [2.05, 4.69) is 32.3 Å². The number of nitrogens with zero attached hydrogens (tertiary/aromatic N) is 6. The minimum atomic E-state index is -2.80. The predicted molar refractivity (Wildman–Crippen MR) is 122 cm³/mol. The first-order chi connectivity index (χ1) is 16.4. The Morgan fingerprint density at radius 1 is 1.24 bits per heavy atom. The molecule has 3 aromatic heterocycles. The van der Waals surface area contributed by atoms with Gasteiger partial charge < -0.3 is 15.0 Å². The van der Waals surface area contributed by atoms with Crippen molar-refractivity contribution >= 4 is 23.1 Å². The smallest absolute Gasteiger partial charge is 0.284 e. The van der Waals surface area contributed by atoms with Crippen LogP contribution >= 0.6 is 0 Å². The van der Waals surface area contributed by atoms with Gasteiger partial charge in [0.05, 0.1) is 30.6 Å². The van der Waals surface area contributed by atoms with Gasteiger partial charge in [0.1, 0.15) is 11.4 Å². The molecule has 4 heterocycles. The number of halogens is 2. The third-order valence-electron chi connectivity index (χ3n) is 6.74. The number of nitrogens with one attached hydrogen (secondary N) is 1. The molecule has 9 nitrogen and oxygen atoms in total. The summed E-state index contributed by atoms with van der Waals surface area (Å²) in [5.41, 5.74) is 0.180. The molecule has 5 rings (SSSR count). The highest BCUT2D eigenvalue weighted by molar-refractivity contribution is 6.08. The molecule has 0 spiro atoms. The quantitative estimate of drug-likeness (QED) is 0.600. The fraction of sp³-hybridized carbons (Fsp3) is 0.565. The summed E-state index contributed by atoms with van der Waals surface area (Å²) in [7, 11) is 0. The molecule has 1 aliphatic heterocycles. The molecule has 1 aliphatic carbocycles. The van der Waals surface area contributed by atoms with E-state index in [4.69, 9.17) is 4.74 Å². The zero-order chi connectivity index (χ0) is 23.8. The molecule has 2 aliphatic rings. The second kappa shape index (κ2) is 9.28. The summed E-state index contributed by atoms with van der Waals surface area (Å²) < 4.78 is 36.2. The first-order valence-electron chi connectivity index (χ1n) is 11.8. The van der Waals surface area contributed by atoms with Crippen LogP contribution in [0.5, 0.6) is 0 Å². The van der Waals surface area contributed by atoms with Crippen molar-refractivity contribution in [2.75, 3.05) is 29.9 Å². The Hall–Kier alpha value is -3.08. The van der Waals surface area contributed by atoms with Crippen LogP contribution in [0.4, 0.5) is 20.3 Å². The van der Waals surface area contributed by atoms with Crippen LogP contribution in [0.15, 0.2) is 24.7 Å². The SMILES string of the molecule is CC1CCC(n2cc(NC(=O)c3cnn4ccc(N5CCO[C@H](C)C5)nc34)c(C(F)F)n2)CC1. The fourth-order valence-corrected chi connectivity index (χ4v) is 4.77. The van der Waals surface area contributed by atoms with Crippen molar-refractivity contribution in [2.24, 2.45) is 5.92 Å². The third-order valence-corrected chi connectivity index (χ3v) is 6.74. The molecule has 2 fully saturated rings. The summed E-state index contributed by atoms with van der Waals surface area (Å²) in [6.45, 7) is 6.18. The molecular weight excluding hydrogens is 444 g/mol. The van der Waals surface area contributed by atoms with Gasteiger partial charge in [0.25, 0.3) is 12.3 Å². The van der Waals surface area contributed by atoms with Crippen LogP contribution in [0.1, 0.15) is 68.0 Å². The molecule has 182 valence electrons. The predicted octanol–water partition coefficient (Wildman–Crippen LogP) is 4.09. The number of alkyl halides is 2. The average Bonchev–Trinajstić information content (AvgIpc) is 3.43. The highest BCUT2D eigenvalue weighted by Gasteiger charge is 2.27. The van der Waals surface area contributed by atoms with Crippen molar-refractivity contribution in [3.05, 3.63) is 35.9 Å². The molecule has 0 aromatic carbocycles. The van der Waals surface area contributed by atoms with Crippen molar-refractivity contribution in [1.82, 2.24) is 24.4 Å². The van der Waals surface area contributed by atoms with Gasteiger partial charge in [0.15, 0.2) is 11.3 Å². The number of hydrogen-bond acceptors (Lipinski definition) is 6. The van der Waals surface area contributed by atoms with Gasteiger partial charge in [-0.25, -0.2) is 18.3 Å². The van der Waals surface area contributed by atoms with Gasteiger partial charge in [-0.2, -0.15) is 10.2 Å². The Morgan fingerprint density at radius 2 is 2.03 bits per heavy atom. The van der Waals surface area contributed by atoms with Crippen molar-refractivity contribution in [2.45, 2.75) is 58.1 Å². The van der Waals surface area contributed by atoms with Crippen molar-refractivity contribution in [3.63, 3.8) is 0 Å². The van der Waals surface area contributed by atoms with Crippen LogP contribution < -0.4 is 10.2 Å². The molecule has 3 aromatic rings. The van der Waals surface area contributed by atoms with Crippen molar-refractivity contribution in [1.29, 1.82) is 0 Å². The lowest BCUT2D eigenvalue weighted by atomic mass is 9.87. The monoisotopic (exact) mass is 473 g/mol. The van der Waals surface area contributed by atoms with E-state index < -0.39 is 18.0 Å². The van der Waals surface area contributed by atoms with Gasteiger partial charge in [-0.05, 0) is 44.6 Å². The lowest BCUT2D eigenvalue weighted by molar-refractivity contribution is 0.0529. The summed E-state index contributed by atoms with van der Waals surface area (Å²) in [5, 5.41) is 11.0. The van der Waals surface area contributed by atoms with E-state index in [1.165, 1.54) is 16.9 Å². The highest BCUT2D eigenvalue weighted by Crippen LogP contribution is 2.34. The van der Waals surface area contributed by atoms with Gasteiger partial charge in [-0.3, -0.25) is 9.48 Å². The van der Waals surface area contributed by atoms with Crippen molar-refractivity contribution in [3.8, 4) is 0 Å². The zero-order valence-corrected chi connectivity index (χ0v) is 19.3. The number of rotatable bonds is 5. The normalized spacial score (nSPS) is 23.6. The Labute approximate surface area is 196 Å². The molecule has 0 bridgehead atoms. The summed E-state index contributed by atoms with van der Waals surface area (Å²) in [6, 6.07) is 1.90. The van der Waals surface area contributed by atoms with Gasteiger partial charge in [-0.15, -0.1) is 0 Å². The molecule has 0 unspecified atom stereocenters. The number of carbonyl (C=O) groups excluding carboxylic acids is 1. The first kappa shape index (κ1) is 22.7. The number of hydrogen-bond donors (Lipinski definition) is 1. The number of anilines is 2. The van der Waals surface area contributed by atoms with E-state index in [0.717, 1.165) is 25.7 Å². The Balaban J connectivity index is 1.39. The second-order valence-corrected chi connectivity index (χ2v) is 9.32. The van der Waals surface area contributed by atoms with Crippen LogP contribution in [-0.4, -0.2) is 56.1 Å². The average molecular weight is 474 g/mol. The molecule has 1 N–H and O–H groups in total. The van der Waals surface area contributed by atoms with E-state index >= 15 is 0 Å². The Morgan fingerprint density at radius 3 is 2.76 bits per heavy atom. The minimum Gasteiger partial charge on any atom is -0.375 e. The summed E-state index contributed by atoms with van der Waals surface area (Å²) in [6.07, 6.45) is 5.80. The molecule has 1 amide bonds.